The summed E-state index contributed by atoms with van der Waals surface area (Å²) in [7, 11) is 0. The molecule has 0 N–H and O–H groups in total. The highest BCUT2D eigenvalue weighted by atomic mass is 19.4. The van der Waals surface area contributed by atoms with Crippen LogP contribution >= 0.6 is 0 Å². The molecular formula is C39H43F5N4O2. The molecule has 0 saturated carbocycles. The lowest BCUT2D eigenvalue weighted by Crippen LogP contribution is -2.43. The van der Waals surface area contributed by atoms with Gasteiger partial charge in [0.1, 0.15) is 12.4 Å². The molecule has 1 aliphatic carbocycles. The number of carbonyl (C=O) groups excluding carboxylic acids is 1. The van der Waals surface area contributed by atoms with Crippen LogP contribution in [-0.4, -0.2) is 50.9 Å². The number of aromatic nitrogens is 2. The number of aryl methyl sites for hydroxylation is 2. The van der Waals surface area contributed by atoms with Gasteiger partial charge in [-0.05, 0) is 86.0 Å². The summed E-state index contributed by atoms with van der Waals surface area (Å²) < 4.78 is 69.4. The lowest BCUT2D eigenvalue weighted by atomic mass is 10.0. The highest BCUT2D eigenvalue weighted by Crippen LogP contribution is 2.31. The van der Waals surface area contributed by atoms with Crippen LogP contribution in [0.25, 0.3) is 11.1 Å². The molecule has 1 aromatic heterocycles. The Kier molecular flexibility index (Phi) is 11.9. The fraction of sp³-hybridized carbons (Fsp3) is 0.410. The second-order valence-corrected chi connectivity index (χ2v) is 12.9. The molecule has 4 aromatic rings. The van der Waals surface area contributed by atoms with Gasteiger partial charge in [0.2, 0.25) is 5.91 Å². The number of nitrogens with zero attached hydrogens (tertiary/aromatic N) is 4. The van der Waals surface area contributed by atoms with Crippen LogP contribution in [0.4, 0.5) is 22.0 Å². The Balaban J connectivity index is 1.40. The Hall–Kier alpha value is -4.38. The molecule has 0 radical (unpaired) electrons. The quantitative estimate of drug-likeness (QED) is 0.128. The fourth-order valence-corrected chi connectivity index (χ4v) is 6.62. The zero-order chi connectivity index (χ0) is 36.0. The molecule has 1 atom stereocenters. The van der Waals surface area contributed by atoms with Crippen LogP contribution in [0.5, 0.6) is 0 Å². The first-order valence-electron chi connectivity index (χ1n) is 17.2. The molecule has 0 bridgehead atoms. The van der Waals surface area contributed by atoms with E-state index in [1.807, 2.05) is 24.3 Å². The van der Waals surface area contributed by atoms with Gasteiger partial charge in [-0.1, -0.05) is 62.4 Å². The molecule has 3 aromatic carbocycles. The molecule has 0 saturated heterocycles. The molecule has 0 fully saturated rings. The zero-order valence-electron chi connectivity index (χ0n) is 28.7. The normalized spacial score (nSPS) is 13.5. The number of carbonyl (C=O) groups is 1. The molecule has 5 rings (SSSR count). The van der Waals surface area contributed by atoms with E-state index in [0.717, 1.165) is 54.4 Å². The van der Waals surface area contributed by atoms with Crippen LogP contribution in [0, 0.1) is 11.6 Å². The summed E-state index contributed by atoms with van der Waals surface area (Å²) in [6, 6.07) is 16.7. The highest BCUT2D eigenvalue weighted by Gasteiger charge is 2.30. The Morgan fingerprint density at radius 3 is 2.24 bits per heavy atom. The molecule has 0 spiro atoms. The minimum atomic E-state index is -4.41. The van der Waals surface area contributed by atoms with Gasteiger partial charge >= 0.3 is 6.18 Å². The second-order valence-electron chi connectivity index (χ2n) is 12.9. The van der Waals surface area contributed by atoms with Crippen LogP contribution in [-0.2, 0) is 49.7 Å². The maximum Gasteiger partial charge on any atom is 0.416 e. The molecule has 1 aliphatic rings. The largest absolute Gasteiger partial charge is 0.416 e. The molecule has 11 heteroatoms. The van der Waals surface area contributed by atoms with E-state index in [1.54, 1.807) is 9.47 Å². The van der Waals surface area contributed by atoms with Gasteiger partial charge in [0.15, 0.2) is 11.6 Å². The van der Waals surface area contributed by atoms with E-state index in [2.05, 4.69) is 30.7 Å². The van der Waals surface area contributed by atoms with E-state index >= 15 is 0 Å². The number of rotatable bonds is 14. The lowest BCUT2D eigenvalue weighted by Gasteiger charge is -2.31. The van der Waals surface area contributed by atoms with E-state index in [0.29, 0.717) is 55.5 Å². The molecule has 1 heterocycles. The summed E-state index contributed by atoms with van der Waals surface area (Å²) in [4.78, 5) is 35.6. The molecule has 266 valence electrons. The smallest absolute Gasteiger partial charge is 0.336 e. The van der Waals surface area contributed by atoms with Crippen LogP contribution in [0.3, 0.4) is 0 Å². The summed E-state index contributed by atoms with van der Waals surface area (Å²) in [6.45, 7) is 8.50. The van der Waals surface area contributed by atoms with E-state index in [1.165, 1.54) is 24.3 Å². The predicted molar refractivity (Wildman–Crippen MR) is 184 cm³/mol. The molecular weight excluding hydrogens is 651 g/mol. The summed E-state index contributed by atoms with van der Waals surface area (Å²) in [5.41, 5.74) is 2.74. The second kappa shape index (κ2) is 16.1. The summed E-state index contributed by atoms with van der Waals surface area (Å²) in [5, 5.41) is 0. The molecule has 0 aliphatic heterocycles. The van der Waals surface area contributed by atoms with Crippen LogP contribution < -0.4 is 5.56 Å². The zero-order valence-corrected chi connectivity index (χ0v) is 28.7. The van der Waals surface area contributed by atoms with E-state index in [9.17, 15) is 31.5 Å². The van der Waals surface area contributed by atoms with Crippen LogP contribution in [0.1, 0.15) is 67.4 Å². The average molecular weight is 695 g/mol. The first-order valence-corrected chi connectivity index (χ1v) is 17.2. The fourth-order valence-electron chi connectivity index (χ4n) is 6.62. The van der Waals surface area contributed by atoms with Gasteiger partial charge in [-0.15, -0.1) is 0 Å². The van der Waals surface area contributed by atoms with Crippen molar-refractivity contribution in [3.8, 4) is 11.1 Å². The van der Waals surface area contributed by atoms with Crippen molar-refractivity contribution in [2.45, 2.75) is 84.6 Å². The van der Waals surface area contributed by atoms with Crippen LogP contribution in [0.15, 0.2) is 71.5 Å². The van der Waals surface area contributed by atoms with Gasteiger partial charge in [-0.3, -0.25) is 14.5 Å². The maximum atomic E-state index is 14.5. The minimum Gasteiger partial charge on any atom is -0.336 e. The monoisotopic (exact) mass is 694 g/mol. The van der Waals surface area contributed by atoms with Gasteiger partial charge < -0.3 is 9.47 Å². The SMILES string of the molecule is CCC(C)N(CC)CCN(Cc1ccc(-c2ccc(C(F)(F)F)cc2)cc1)C(=O)Cn1c(CCc2cccc(F)c2F)nc(=O)c2c1CCC2. The third-order valence-electron chi connectivity index (χ3n) is 9.76. The average Bonchev–Trinajstić information content (AvgIpc) is 3.61. The van der Waals surface area contributed by atoms with Gasteiger partial charge in [0.25, 0.3) is 5.56 Å². The van der Waals surface area contributed by atoms with Crippen molar-refractivity contribution < 1.29 is 26.7 Å². The molecule has 50 heavy (non-hydrogen) atoms. The third-order valence-corrected chi connectivity index (χ3v) is 9.76. The Labute approximate surface area is 289 Å². The Bertz CT molecular complexity index is 1840. The number of benzene rings is 3. The van der Waals surface area contributed by atoms with Crippen molar-refractivity contribution in [1.29, 1.82) is 0 Å². The lowest BCUT2D eigenvalue weighted by molar-refractivity contribution is -0.137. The van der Waals surface area contributed by atoms with E-state index in [-0.39, 0.29) is 36.4 Å². The predicted octanol–water partition coefficient (Wildman–Crippen LogP) is 7.63. The number of halogens is 5. The summed E-state index contributed by atoms with van der Waals surface area (Å²) in [5.74, 6) is -1.69. The summed E-state index contributed by atoms with van der Waals surface area (Å²) in [6.07, 6.45) is -1.24. The first-order chi connectivity index (χ1) is 23.9. The summed E-state index contributed by atoms with van der Waals surface area (Å²) >= 11 is 0. The van der Waals surface area contributed by atoms with Gasteiger partial charge in [-0.2, -0.15) is 18.2 Å². The van der Waals surface area contributed by atoms with Crippen molar-refractivity contribution in [3.63, 3.8) is 0 Å². The van der Waals surface area contributed by atoms with Crippen molar-refractivity contribution >= 4 is 5.91 Å². The minimum absolute atomic E-state index is 0.0598. The highest BCUT2D eigenvalue weighted by molar-refractivity contribution is 5.76. The number of amides is 1. The van der Waals surface area contributed by atoms with Crippen molar-refractivity contribution in [2.24, 2.45) is 0 Å². The van der Waals surface area contributed by atoms with Crippen LogP contribution in [0.2, 0.25) is 0 Å². The number of fused-ring (bicyclic) bond motifs is 1. The van der Waals surface area contributed by atoms with Crippen molar-refractivity contribution in [1.82, 2.24) is 19.4 Å². The number of hydrogen-bond acceptors (Lipinski definition) is 4. The van der Waals surface area contributed by atoms with Gasteiger partial charge in [0.05, 0.1) is 5.56 Å². The van der Waals surface area contributed by atoms with Gasteiger partial charge in [-0.25, -0.2) is 8.78 Å². The molecule has 1 unspecified atom stereocenters. The third kappa shape index (κ3) is 8.67. The van der Waals surface area contributed by atoms with Gasteiger partial charge in [0, 0.05) is 43.4 Å². The van der Waals surface area contributed by atoms with Crippen molar-refractivity contribution in [2.75, 3.05) is 19.6 Å². The number of hydrogen-bond donors (Lipinski definition) is 0. The Morgan fingerprint density at radius 1 is 0.920 bits per heavy atom. The molecule has 6 nitrogen and oxygen atoms in total. The maximum absolute atomic E-state index is 14.5. The molecule has 1 amide bonds. The number of alkyl halides is 3. The van der Waals surface area contributed by atoms with E-state index in [4.69, 9.17) is 0 Å². The number of likely N-dealkylation sites (N-methyl/N-ethyl adjacent to an activating group) is 1. The Morgan fingerprint density at radius 2 is 1.60 bits per heavy atom. The topological polar surface area (TPSA) is 58.4 Å². The standard InChI is InChI=1S/C39H43F5N4O2/c1-4-26(3)46(5-2)22-23-47(24-27-12-14-28(15-13-27)29-16-19-31(20-17-29)39(42,43)44)36(49)25-48-34-11-7-9-32(34)38(50)45-35(48)21-18-30-8-6-10-33(40)37(30)41/h6,8,10,12-17,19-20,26H,4-5,7,9,11,18,21-25H2,1-3H3. The first kappa shape index (κ1) is 36.9. The van der Waals surface area contributed by atoms with E-state index < -0.39 is 23.4 Å². The van der Waals surface area contributed by atoms with Crippen molar-refractivity contribution in [3.05, 3.63) is 122 Å².